The number of rotatable bonds is 6. The zero-order valence-electron chi connectivity index (χ0n) is 14.6. The van der Waals surface area contributed by atoms with Crippen molar-refractivity contribution < 1.29 is 14.3 Å². The van der Waals surface area contributed by atoms with Crippen LogP contribution in [-0.2, 0) is 22.7 Å². The van der Waals surface area contributed by atoms with Gasteiger partial charge in [0.1, 0.15) is 5.75 Å². The first-order valence-electron chi connectivity index (χ1n) is 8.49. The SMILES string of the molecule is COc1ccccc1CNC(=O)[C@H]1CC(=O)N(Cc2ccccc2Cl)C1. The van der Waals surface area contributed by atoms with Gasteiger partial charge in [-0.1, -0.05) is 48.0 Å². The molecule has 0 unspecified atom stereocenters. The van der Waals surface area contributed by atoms with Crippen molar-refractivity contribution in [1.29, 1.82) is 0 Å². The summed E-state index contributed by atoms with van der Waals surface area (Å²) in [7, 11) is 1.60. The van der Waals surface area contributed by atoms with Crippen molar-refractivity contribution in [2.24, 2.45) is 5.92 Å². The highest BCUT2D eigenvalue weighted by Gasteiger charge is 2.34. The van der Waals surface area contributed by atoms with Crippen LogP contribution >= 0.6 is 11.6 Å². The average Bonchev–Trinajstić information content (AvgIpc) is 3.02. The summed E-state index contributed by atoms with van der Waals surface area (Å²) >= 11 is 6.17. The van der Waals surface area contributed by atoms with Crippen LogP contribution in [0, 0.1) is 5.92 Å². The van der Waals surface area contributed by atoms with Crippen LogP contribution in [0.3, 0.4) is 0 Å². The van der Waals surface area contributed by atoms with Crippen LogP contribution in [0.1, 0.15) is 17.5 Å². The number of benzene rings is 2. The summed E-state index contributed by atoms with van der Waals surface area (Å²) in [6, 6.07) is 15.0. The quantitative estimate of drug-likeness (QED) is 0.848. The Morgan fingerprint density at radius 3 is 2.62 bits per heavy atom. The fourth-order valence-electron chi connectivity index (χ4n) is 3.11. The van der Waals surface area contributed by atoms with Crippen molar-refractivity contribution in [2.45, 2.75) is 19.5 Å². The number of amides is 2. The molecule has 1 atom stereocenters. The lowest BCUT2D eigenvalue weighted by molar-refractivity contribution is -0.129. The molecule has 1 N–H and O–H groups in total. The molecular formula is C20H21ClN2O3. The van der Waals surface area contributed by atoms with Gasteiger partial charge in [0.25, 0.3) is 0 Å². The van der Waals surface area contributed by atoms with Crippen LogP contribution in [-0.4, -0.2) is 30.4 Å². The minimum atomic E-state index is -0.348. The number of para-hydroxylation sites is 1. The highest BCUT2D eigenvalue weighted by Crippen LogP contribution is 2.24. The number of halogens is 1. The van der Waals surface area contributed by atoms with Crippen LogP contribution < -0.4 is 10.1 Å². The minimum Gasteiger partial charge on any atom is -0.496 e. The Morgan fingerprint density at radius 1 is 1.19 bits per heavy atom. The van der Waals surface area contributed by atoms with Gasteiger partial charge in [0.15, 0.2) is 0 Å². The summed E-state index contributed by atoms with van der Waals surface area (Å²) < 4.78 is 5.29. The van der Waals surface area contributed by atoms with Gasteiger partial charge in [-0.15, -0.1) is 0 Å². The maximum Gasteiger partial charge on any atom is 0.225 e. The van der Waals surface area contributed by atoms with E-state index in [1.807, 2.05) is 42.5 Å². The van der Waals surface area contributed by atoms with E-state index in [9.17, 15) is 9.59 Å². The summed E-state index contributed by atoms with van der Waals surface area (Å²) in [5, 5.41) is 3.54. The van der Waals surface area contributed by atoms with E-state index in [1.54, 1.807) is 18.1 Å². The van der Waals surface area contributed by atoms with Crippen LogP contribution in [0.4, 0.5) is 0 Å². The molecule has 26 heavy (non-hydrogen) atoms. The topological polar surface area (TPSA) is 58.6 Å². The summed E-state index contributed by atoms with van der Waals surface area (Å²) in [5.74, 6) is 0.239. The molecule has 1 aliphatic heterocycles. The summed E-state index contributed by atoms with van der Waals surface area (Å²) in [5.41, 5.74) is 1.79. The molecule has 0 radical (unpaired) electrons. The third-order valence-corrected chi connectivity index (χ3v) is 4.92. The number of ether oxygens (including phenoxy) is 1. The Hall–Kier alpha value is -2.53. The summed E-state index contributed by atoms with van der Waals surface area (Å²) in [4.78, 5) is 26.4. The predicted octanol–water partition coefficient (Wildman–Crippen LogP) is 3.01. The molecule has 0 spiro atoms. The third-order valence-electron chi connectivity index (χ3n) is 4.55. The molecule has 6 heteroatoms. The summed E-state index contributed by atoms with van der Waals surface area (Å²) in [6.07, 6.45) is 0.224. The molecule has 2 amide bonds. The van der Waals surface area contributed by atoms with Crippen LogP contribution in [0.15, 0.2) is 48.5 Å². The predicted molar refractivity (Wildman–Crippen MR) is 99.8 cm³/mol. The number of hydrogen-bond donors (Lipinski definition) is 1. The Morgan fingerprint density at radius 2 is 1.88 bits per heavy atom. The fraction of sp³-hybridized carbons (Fsp3) is 0.300. The highest BCUT2D eigenvalue weighted by molar-refractivity contribution is 6.31. The van der Waals surface area contributed by atoms with Gasteiger partial charge in [0.05, 0.1) is 13.0 Å². The van der Waals surface area contributed by atoms with E-state index in [4.69, 9.17) is 16.3 Å². The molecule has 1 heterocycles. The van der Waals surface area contributed by atoms with Crippen molar-refractivity contribution in [1.82, 2.24) is 10.2 Å². The van der Waals surface area contributed by atoms with Crippen molar-refractivity contribution >= 4 is 23.4 Å². The molecule has 0 bridgehead atoms. The van der Waals surface area contributed by atoms with Crippen molar-refractivity contribution in [3.05, 3.63) is 64.7 Å². The van der Waals surface area contributed by atoms with Crippen LogP contribution in [0.5, 0.6) is 5.75 Å². The Kier molecular flexibility index (Phi) is 5.78. The van der Waals surface area contributed by atoms with Gasteiger partial charge in [-0.05, 0) is 17.7 Å². The average molecular weight is 373 g/mol. The van der Waals surface area contributed by atoms with Gasteiger partial charge >= 0.3 is 0 Å². The first-order chi connectivity index (χ1) is 12.6. The van der Waals surface area contributed by atoms with Gasteiger partial charge in [-0.3, -0.25) is 9.59 Å². The summed E-state index contributed by atoms with van der Waals surface area (Å²) in [6.45, 7) is 1.20. The van der Waals surface area contributed by atoms with Gasteiger partial charge in [0.2, 0.25) is 11.8 Å². The first-order valence-corrected chi connectivity index (χ1v) is 8.87. The monoisotopic (exact) mass is 372 g/mol. The van der Waals surface area contributed by atoms with E-state index in [0.29, 0.717) is 24.7 Å². The number of carbonyl (C=O) groups excluding carboxylic acids is 2. The van der Waals surface area contributed by atoms with E-state index in [-0.39, 0.29) is 24.2 Å². The van der Waals surface area contributed by atoms with E-state index >= 15 is 0 Å². The van der Waals surface area contributed by atoms with Crippen molar-refractivity contribution in [2.75, 3.05) is 13.7 Å². The van der Waals surface area contributed by atoms with Crippen LogP contribution in [0.2, 0.25) is 5.02 Å². The van der Waals surface area contributed by atoms with Crippen molar-refractivity contribution in [3.63, 3.8) is 0 Å². The van der Waals surface area contributed by atoms with Gasteiger partial charge in [0, 0.05) is 36.6 Å². The number of carbonyl (C=O) groups is 2. The minimum absolute atomic E-state index is 0.0256. The maximum absolute atomic E-state index is 12.5. The van der Waals surface area contributed by atoms with Gasteiger partial charge < -0.3 is 15.0 Å². The largest absolute Gasteiger partial charge is 0.496 e. The highest BCUT2D eigenvalue weighted by atomic mass is 35.5. The lowest BCUT2D eigenvalue weighted by Crippen LogP contribution is -2.32. The molecule has 0 saturated carbocycles. The maximum atomic E-state index is 12.5. The molecule has 1 aliphatic rings. The molecule has 5 nitrogen and oxygen atoms in total. The number of methoxy groups -OCH3 is 1. The molecule has 1 fully saturated rings. The second-order valence-electron chi connectivity index (χ2n) is 6.30. The normalized spacial score (nSPS) is 16.6. The molecule has 0 aliphatic carbocycles. The van der Waals surface area contributed by atoms with Gasteiger partial charge in [-0.2, -0.15) is 0 Å². The fourth-order valence-corrected chi connectivity index (χ4v) is 3.30. The lowest BCUT2D eigenvalue weighted by Gasteiger charge is -2.17. The van der Waals surface area contributed by atoms with E-state index in [1.165, 1.54) is 0 Å². The molecular weight excluding hydrogens is 352 g/mol. The molecule has 0 aromatic heterocycles. The van der Waals surface area contributed by atoms with E-state index in [2.05, 4.69) is 5.32 Å². The molecule has 2 aromatic carbocycles. The van der Waals surface area contributed by atoms with E-state index in [0.717, 1.165) is 16.9 Å². The lowest BCUT2D eigenvalue weighted by atomic mass is 10.1. The smallest absolute Gasteiger partial charge is 0.225 e. The zero-order valence-corrected chi connectivity index (χ0v) is 15.3. The second-order valence-corrected chi connectivity index (χ2v) is 6.70. The second kappa shape index (κ2) is 8.23. The van der Waals surface area contributed by atoms with Gasteiger partial charge in [-0.25, -0.2) is 0 Å². The third kappa shape index (κ3) is 4.17. The number of hydrogen-bond acceptors (Lipinski definition) is 3. The Bertz CT molecular complexity index is 809. The Balaban J connectivity index is 1.58. The van der Waals surface area contributed by atoms with Crippen LogP contribution in [0.25, 0.3) is 0 Å². The molecule has 1 saturated heterocycles. The van der Waals surface area contributed by atoms with E-state index < -0.39 is 0 Å². The Labute approximate surface area is 157 Å². The number of nitrogens with one attached hydrogen (secondary N) is 1. The zero-order chi connectivity index (χ0) is 18.5. The van der Waals surface area contributed by atoms with Crippen molar-refractivity contribution in [3.8, 4) is 5.75 Å². The molecule has 3 rings (SSSR count). The molecule has 136 valence electrons. The molecule has 2 aromatic rings. The standard InChI is InChI=1S/C20H21ClN2O3/c1-26-18-9-5-3-6-14(18)11-22-20(25)16-10-19(24)23(13-16)12-15-7-2-4-8-17(15)21/h2-9,16H,10-13H2,1H3,(H,22,25)/t16-/m0/s1. The first kappa shape index (κ1) is 18.3. The number of nitrogens with zero attached hydrogens (tertiary/aromatic N) is 1. The number of likely N-dealkylation sites (tertiary alicyclic amines) is 1.